The summed E-state index contributed by atoms with van der Waals surface area (Å²) in [5, 5.41) is 3.36. The zero-order valence-electron chi connectivity index (χ0n) is 10.6. The van der Waals surface area contributed by atoms with E-state index in [2.05, 4.69) is 24.1 Å². The number of hydrogen-bond acceptors (Lipinski definition) is 2. The molecular weight excluding hydrogens is 215 g/mol. The fourth-order valence-electron chi connectivity index (χ4n) is 2.66. The van der Waals surface area contributed by atoms with Gasteiger partial charge in [0.05, 0.1) is 0 Å². The van der Waals surface area contributed by atoms with E-state index in [1.54, 1.807) is 6.07 Å². The van der Waals surface area contributed by atoms with Crippen molar-refractivity contribution in [1.82, 2.24) is 4.98 Å². The number of anilines is 1. The monoisotopic (exact) mass is 236 g/mol. The Kier molecular flexibility index (Phi) is 3.97. The zero-order chi connectivity index (χ0) is 12.3. The van der Waals surface area contributed by atoms with Crippen molar-refractivity contribution >= 4 is 5.82 Å². The molecule has 17 heavy (non-hydrogen) atoms. The van der Waals surface area contributed by atoms with E-state index in [1.165, 1.54) is 31.7 Å². The summed E-state index contributed by atoms with van der Waals surface area (Å²) in [4.78, 5) is 3.86. The molecule has 1 fully saturated rings. The van der Waals surface area contributed by atoms with E-state index in [1.807, 2.05) is 6.07 Å². The first-order valence-electron chi connectivity index (χ1n) is 6.54. The minimum atomic E-state index is -0.411. The minimum absolute atomic E-state index is 0.411. The lowest BCUT2D eigenvalue weighted by Gasteiger charge is -2.32. The van der Waals surface area contributed by atoms with Crippen LogP contribution in [-0.2, 0) is 0 Å². The van der Waals surface area contributed by atoms with E-state index < -0.39 is 5.95 Å². The van der Waals surface area contributed by atoms with Gasteiger partial charge in [0, 0.05) is 6.04 Å². The maximum absolute atomic E-state index is 13.0. The molecule has 2 rings (SSSR count). The first-order valence-corrected chi connectivity index (χ1v) is 6.54. The lowest BCUT2D eigenvalue weighted by Crippen LogP contribution is -2.29. The average Bonchev–Trinajstić information content (AvgIpc) is 2.29. The van der Waals surface area contributed by atoms with Gasteiger partial charge in [0.15, 0.2) is 0 Å². The summed E-state index contributed by atoms with van der Waals surface area (Å²) in [6, 6.07) is 5.36. The van der Waals surface area contributed by atoms with E-state index in [4.69, 9.17) is 0 Å². The first kappa shape index (κ1) is 12.3. The fraction of sp³-hybridized carbons (Fsp3) is 0.643. The molecule has 1 aromatic rings. The summed E-state index contributed by atoms with van der Waals surface area (Å²) in [7, 11) is 0. The van der Waals surface area contributed by atoms with Gasteiger partial charge in [0.25, 0.3) is 0 Å². The Morgan fingerprint density at radius 1 is 1.35 bits per heavy atom. The number of hydrogen-bond donors (Lipinski definition) is 1. The van der Waals surface area contributed by atoms with E-state index in [-0.39, 0.29) is 0 Å². The van der Waals surface area contributed by atoms with Gasteiger partial charge in [0.2, 0.25) is 5.95 Å². The molecule has 2 unspecified atom stereocenters. The lowest BCUT2D eigenvalue weighted by molar-refractivity contribution is 0.264. The smallest absolute Gasteiger partial charge is 0.214 e. The highest BCUT2D eigenvalue weighted by molar-refractivity contribution is 5.34. The fourth-order valence-corrected chi connectivity index (χ4v) is 2.66. The topological polar surface area (TPSA) is 24.9 Å². The third-order valence-corrected chi connectivity index (χ3v) is 3.72. The normalized spacial score (nSPS) is 24.9. The predicted octanol–water partition coefficient (Wildman–Crippen LogP) is 3.85. The van der Waals surface area contributed by atoms with Gasteiger partial charge in [-0.3, -0.25) is 0 Å². The van der Waals surface area contributed by atoms with Gasteiger partial charge in [-0.2, -0.15) is 4.39 Å². The summed E-state index contributed by atoms with van der Waals surface area (Å²) in [6.45, 7) is 4.57. The van der Waals surface area contributed by atoms with E-state index in [0.717, 1.165) is 11.8 Å². The first-order chi connectivity index (χ1) is 8.15. The zero-order valence-corrected chi connectivity index (χ0v) is 10.6. The number of pyridine rings is 1. The van der Waals surface area contributed by atoms with Crippen LogP contribution >= 0.6 is 0 Å². The van der Waals surface area contributed by atoms with Gasteiger partial charge < -0.3 is 5.32 Å². The van der Waals surface area contributed by atoms with Crippen LogP contribution in [0.1, 0.15) is 39.5 Å². The van der Waals surface area contributed by atoms with Crippen LogP contribution in [0.25, 0.3) is 0 Å². The molecule has 94 valence electrons. The highest BCUT2D eigenvalue weighted by Gasteiger charge is 2.24. The molecule has 1 aliphatic carbocycles. The summed E-state index contributed by atoms with van der Waals surface area (Å²) >= 11 is 0. The van der Waals surface area contributed by atoms with E-state index in [0.29, 0.717) is 11.9 Å². The van der Waals surface area contributed by atoms with Gasteiger partial charge in [0.1, 0.15) is 5.82 Å². The molecule has 2 atom stereocenters. The van der Waals surface area contributed by atoms with Crippen molar-refractivity contribution in [2.75, 3.05) is 5.32 Å². The number of halogens is 1. The molecule has 0 saturated heterocycles. The Morgan fingerprint density at radius 3 is 2.88 bits per heavy atom. The van der Waals surface area contributed by atoms with Crippen LogP contribution in [0.2, 0.25) is 0 Å². The molecule has 0 aromatic carbocycles. The molecule has 0 aliphatic heterocycles. The Hall–Kier alpha value is -1.12. The third-order valence-electron chi connectivity index (χ3n) is 3.72. The van der Waals surface area contributed by atoms with Crippen molar-refractivity contribution < 1.29 is 4.39 Å². The SMILES string of the molecule is CC(C)C1CCCC(Nc2cccc(F)n2)C1. The Bertz CT molecular complexity index is 365. The summed E-state index contributed by atoms with van der Waals surface area (Å²) < 4.78 is 13.0. The highest BCUT2D eigenvalue weighted by Crippen LogP contribution is 2.31. The molecular formula is C14H21FN2. The van der Waals surface area contributed by atoms with Crippen molar-refractivity contribution in [3.8, 4) is 0 Å². The van der Waals surface area contributed by atoms with E-state index >= 15 is 0 Å². The van der Waals surface area contributed by atoms with Crippen molar-refractivity contribution in [2.24, 2.45) is 11.8 Å². The second-order valence-electron chi connectivity index (χ2n) is 5.36. The standard InChI is InChI=1S/C14H21FN2/c1-10(2)11-5-3-6-12(9-11)16-14-8-4-7-13(15)17-14/h4,7-8,10-12H,3,5-6,9H2,1-2H3,(H,16,17). The Balaban J connectivity index is 1.94. The molecule has 1 N–H and O–H groups in total. The van der Waals surface area contributed by atoms with Crippen LogP contribution in [0.15, 0.2) is 18.2 Å². The molecule has 1 heterocycles. The third kappa shape index (κ3) is 3.42. The number of nitrogens with one attached hydrogen (secondary N) is 1. The predicted molar refractivity (Wildman–Crippen MR) is 68.4 cm³/mol. The number of nitrogens with zero attached hydrogens (tertiary/aromatic N) is 1. The molecule has 2 nitrogen and oxygen atoms in total. The molecule has 3 heteroatoms. The van der Waals surface area contributed by atoms with Gasteiger partial charge >= 0.3 is 0 Å². The Morgan fingerprint density at radius 2 is 2.18 bits per heavy atom. The van der Waals surface area contributed by atoms with Crippen molar-refractivity contribution in [3.63, 3.8) is 0 Å². The molecule has 1 aromatic heterocycles. The molecule has 0 radical (unpaired) electrons. The lowest BCUT2D eigenvalue weighted by atomic mass is 9.79. The Labute approximate surface area is 103 Å². The maximum atomic E-state index is 13.0. The van der Waals surface area contributed by atoms with Crippen molar-refractivity contribution in [3.05, 3.63) is 24.1 Å². The van der Waals surface area contributed by atoms with Crippen LogP contribution in [0.4, 0.5) is 10.2 Å². The summed E-state index contributed by atoms with van der Waals surface area (Å²) in [6.07, 6.45) is 4.93. The average molecular weight is 236 g/mol. The maximum Gasteiger partial charge on any atom is 0.214 e. The second-order valence-corrected chi connectivity index (χ2v) is 5.36. The van der Waals surface area contributed by atoms with E-state index in [9.17, 15) is 4.39 Å². The summed E-state index contributed by atoms with van der Waals surface area (Å²) in [5.74, 6) is 1.78. The largest absolute Gasteiger partial charge is 0.367 e. The highest BCUT2D eigenvalue weighted by atomic mass is 19.1. The van der Waals surface area contributed by atoms with Crippen LogP contribution < -0.4 is 5.32 Å². The van der Waals surface area contributed by atoms with Gasteiger partial charge in [-0.25, -0.2) is 4.98 Å². The van der Waals surface area contributed by atoms with Gasteiger partial charge in [-0.05, 0) is 36.8 Å². The van der Waals surface area contributed by atoms with Crippen LogP contribution in [0.3, 0.4) is 0 Å². The second kappa shape index (κ2) is 5.48. The van der Waals surface area contributed by atoms with Gasteiger partial charge in [-0.15, -0.1) is 0 Å². The minimum Gasteiger partial charge on any atom is -0.367 e. The molecule has 0 bridgehead atoms. The number of aromatic nitrogens is 1. The molecule has 0 spiro atoms. The summed E-state index contributed by atoms with van der Waals surface area (Å²) in [5.41, 5.74) is 0. The quantitative estimate of drug-likeness (QED) is 0.806. The van der Waals surface area contributed by atoms with Crippen molar-refractivity contribution in [2.45, 2.75) is 45.6 Å². The molecule has 0 amide bonds. The van der Waals surface area contributed by atoms with Gasteiger partial charge in [-0.1, -0.05) is 32.8 Å². The van der Waals surface area contributed by atoms with Crippen molar-refractivity contribution in [1.29, 1.82) is 0 Å². The molecule has 1 aliphatic rings. The van der Waals surface area contributed by atoms with Crippen LogP contribution in [-0.4, -0.2) is 11.0 Å². The molecule has 1 saturated carbocycles. The number of rotatable bonds is 3. The van der Waals surface area contributed by atoms with Crippen LogP contribution in [0, 0.1) is 17.8 Å². The van der Waals surface area contributed by atoms with Crippen LogP contribution in [0.5, 0.6) is 0 Å².